The van der Waals surface area contributed by atoms with E-state index in [1.807, 2.05) is 29.2 Å². The highest BCUT2D eigenvalue weighted by Gasteiger charge is 2.16. The smallest absolute Gasteiger partial charge is 0.287 e. The topological polar surface area (TPSA) is 74.6 Å². The van der Waals surface area contributed by atoms with Gasteiger partial charge in [-0.05, 0) is 29.8 Å². The van der Waals surface area contributed by atoms with E-state index in [1.165, 1.54) is 6.26 Å². The molecule has 2 N–H and O–H groups in total. The van der Waals surface area contributed by atoms with Crippen LogP contribution in [0.3, 0.4) is 0 Å². The summed E-state index contributed by atoms with van der Waals surface area (Å²) >= 11 is 0. The first-order valence-electron chi connectivity index (χ1n) is 7.15. The van der Waals surface area contributed by atoms with E-state index in [-0.39, 0.29) is 11.8 Å². The molecular formula is C16H17N3O3. The zero-order valence-electron chi connectivity index (χ0n) is 12.0. The summed E-state index contributed by atoms with van der Waals surface area (Å²) in [7, 11) is 0. The van der Waals surface area contributed by atoms with Crippen LogP contribution >= 0.6 is 0 Å². The van der Waals surface area contributed by atoms with Crippen LogP contribution in [0, 0.1) is 0 Å². The highest BCUT2D eigenvalue weighted by atomic mass is 16.3. The molecule has 1 aromatic heterocycles. The van der Waals surface area contributed by atoms with E-state index in [4.69, 9.17) is 4.42 Å². The quantitative estimate of drug-likeness (QED) is 0.888. The molecule has 0 saturated carbocycles. The van der Waals surface area contributed by atoms with E-state index >= 15 is 0 Å². The van der Waals surface area contributed by atoms with E-state index in [2.05, 4.69) is 10.6 Å². The maximum Gasteiger partial charge on any atom is 0.287 e. The van der Waals surface area contributed by atoms with Crippen molar-refractivity contribution in [3.05, 3.63) is 54.0 Å². The van der Waals surface area contributed by atoms with Gasteiger partial charge in [0.15, 0.2) is 5.76 Å². The zero-order valence-corrected chi connectivity index (χ0v) is 12.0. The summed E-state index contributed by atoms with van der Waals surface area (Å²) in [4.78, 5) is 25.2. The van der Waals surface area contributed by atoms with Crippen LogP contribution in [0.4, 0.5) is 5.69 Å². The van der Waals surface area contributed by atoms with E-state index < -0.39 is 0 Å². The van der Waals surface area contributed by atoms with E-state index in [0.29, 0.717) is 25.4 Å². The minimum absolute atomic E-state index is 0.0426. The molecule has 2 aromatic rings. The van der Waals surface area contributed by atoms with E-state index in [0.717, 1.165) is 17.8 Å². The molecule has 114 valence electrons. The normalized spacial score (nSPS) is 14.5. The molecule has 1 fully saturated rings. The molecule has 2 heterocycles. The third kappa shape index (κ3) is 3.28. The van der Waals surface area contributed by atoms with Crippen molar-refractivity contribution in [2.75, 3.05) is 24.5 Å². The number of carbonyl (C=O) groups excluding carboxylic acids is 2. The standard InChI is InChI=1S/C16H17N3O3/c20-15-11-19(8-7-17-15)13-5-3-12(4-6-13)10-18-16(21)14-2-1-9-22-14/h1-6,9H,7-8,10-11H2,(H,17,20)(H,18,21). The van der Waals surface area contributed by atoms with Gasteiger partial charge in [-0.3, -0.25) is 9.59 Å². The van der Waals surface area contributed by atoms with Crippen LogP contribution in [0.1, 0.15) is 16.1 Å². The first-order valence-corrected chi connectivity index (χ1v) is 7.15. The molecule has 1 aliphatic rings. The van der Waals surface area contributed by atoms with Crippen molar-refractivity contribution in [3.8, 4) is 0 Å². The second kappa shape index (κ2) is 6.34. The first-order chi connectivity index (χ1) is 10.7. The molecule has 0 spiro atoms. The SMILES string of the molecule is O=C1CN(c2ccc(CNC(=O)c3ccco3)cc2)CCN1. The van der Waals surface area contributed by atoms with E-state index in [1.54, 1.807) is 12.1 Å². The summed E-state index contributed by atoms with van der Waals surface area (Å²) in [5.74, 6) is 0.110. The lowest BCUT2D eigenvalue weighted by Crippen LogP contribution is -2.47. The molecule has 0 bridgehead atoms. The van der Waals surface area contributed by atoms with Gasteiger partial charge < -0.3 is 20.0 Å². The van der Waals surface area contributed by atoms with Gasteiger partial charge in [-0.15, -0.1) is 0 Å². The van der Waals surface area contributed by atoms with Crippen molar-refractivity contribution in [3.63, 3.8) is 0 Å². The monoisotopic (exact) mass is 299 g/mol. The fourth-order valence-corrected chi connectivity index (χ4v) is 2.36. The number of anilines is 1. The van der Waals surface area contributed by atoms with Crippen molar-refractivity contribution in [2.24, 2.45) is 0 Å². The molecular weight excluding hydrogens is 282 g/mol. The molecule has 0 unspecified atom stereocenters. The van der Waals surface area contributed by atoms with Crippen LogP contribution in [-0.4, -0.2) is 31.4 Å². The van der Waals surface area contributed by atoms with Gasteiger partial charge in [-0.1, -0.05) is 12.1 Å². The second-order valence-electron chi connectivity index (χ2n) is 5.10. The molecule has 6 nitrogen and oxygen atoms in total. The Morgan fingerprint density at radius 3 is 2.77 bits per heavy atom. The predicted molar refractivity (Wildman–Crippen MR) is 81.5 cm³/mol. The van der Waals surface area contributed by atoms with Crippen LogP contribution in [-0.2, 0) is 11.3 Å². The summed E-state index contributed by atoms with van der Waals surface area (Å²) in [6.45, 7) is 2.29. The molecule has 1 aromatic carbocycles. The highest BCUT2D eigenvalue weighted by Crippen LogP contribution is 2.16. The van der Waals surface area contributed by atoms with Gasteiger partial charge in [-0.2, -0.15) is 0 Å². The number of nitrogens with zero attached hydrogens (tertiary/aromatic N) is 1. The number of amides is 2. The van der Waals surface area contributed by atoms with Crippen LogP contribution in [0.2, 0.25) is 0 Å². The number of hydrogen-bond acceptors (Lipinski definition) is 4. The Bertz CT molecular complexity index is 650. The fourth-order valence-electron chi connectivity index (χ4n) is 2.36. The summed E-state index contributed by atoms with van der Waals surface area (Å²) in [6, 6.07) is 11.1. The molecule has 1 saturated heterocycles. The number of nitrogens with one attached hydrogen (secondary N) is 2. The molecule has 0 radical (unpaired) electrons. The van der Waals surface area contributed by atoms with Gasteiger partial charge in [0.05, 0.1) is 12.8 Å². The van der Waals surface area contributed by atoms with Crippen molar-refractivity contribution in [1.82, 2.24) is 10.6 Å². The Hall–Kier alpha value is -2.76. The van der Waals surface area contributed by atoms with Gasteiger partial charge in [0.2, 0.25) is 5.91 Å². The third-order valence-electron chi connectivity index (χ3n) is 3.54. The number of hydrogen-bond donors (Lipinski definition) is 2. The van der Waals surface area contributed by atoms with Crippen molar-refractivity contribution in [1.29, 1.82) is 0 Å². The maximum absolute atomic E-state index is 11.8. The average Bonchev–Trinajstić information content (AvgIpc) is 3.08. The Balaban J connectivity index is 1.57. The minimum atomic E-state index is -0.234. The van der Waals surface area contributed by atoms with Crippen LogP contribution in [0.25, 0.3) is 0 Å². The molecule has 0 atom stereocenters. The lowest BCUT2D eigenvalue weighted by molar-refractivity contribution is -0.120. The summed E-state index contributed by atoms with van der Waals surface area (Å²) < 4.78 is 5.04. The first kappa shape index (κ1) is 14.2. The Morgan fingerprint density at radius 2 is 2.09 bits per heavy atom. The van der Waals surface area contributed by atoms with Gasteiger partial charge in [0, 0.05) is 25.3 Å². The maximum atomic E-state index is 11.8. The molecule has 3 rings (SSSR count). The Morgan fingerprint density at radius 1 is 1.27 bits per heavy atom. The van der Waals surface area contributed by atoms with Crippen molar-refractivity contribution < 1.29 is 14.0 Å². The molecule has 22 heavy (non-hydrogen) atoms. The lowest BCUT2D eigenvalue weighted by atomic mass is 10.2. The molecule has 0 aliphatic carbocycles. The van der Waals surface area contributed by atoms with Gasteiger partial charge in [0.25, 0.3) is 5.91 Å². The lowest BCUT2D eigenvalue weighted by Gasteiger charge is -2.28. The summed E-state index contributed by atoms with van der Waals surface area (Å²) in [6.07, 6.45) is 1.47. The summed E-state index contributed by atoms with van der Waals surface area (Å²) in [5, 5.41) is 5.60. The molecule has 2 amide bonds. The van der Waals surface area contributed by atoms with Crippen molar-refractivity contribution in [2.45, 2.75) is 6.54 Å². The molecule has 6 heteroatoms. The van der Waals surface area contributed by atoms with Gasteiger partial charge in [0.1, 0.15) is 0 Å². The fraction of sp³-hybridized carbons (Fsp3) is 0.250. The number of benzene rings is 1. The average molecular weight is 299 g/mol. The highest BCUT2D eigenvalue weighted by molar-refractivity contribution is 5.91. The molecule has 1 aliphatic heterocycles. The zero-order chi connectivity index (χ0) is 15.4. The number of rotatable bonds is 4. The van der Waals surface area contributed by atoms with Gasteiger partial charge in [-0.25, -0.2) is 0 Å². The Kier molecular flexibility index (Phi) is 4.09. The van der Waals surface area contributed by atoms with Crippen LogP contribution in [0.15, 0.2) is 47.1 Å². The summed E-state index contributed by atoms with van der Waals surface area (Å²) in [5.41, 5.74) is 2.00. The van der Waals surface area contributed by atoms with Crippen molar-refractivity contribution >= 4 is 17.5 Å². The minimum Gasteiger partial charge on any atom is -0.459 e. The van der Waals surface area contributed by atoms with Crippen LogP contribution < -0.4 is 15.5 Å². The Labute approximate surface area is 128 Å². The van der Waals surface area contributed by atoms with E-state index in [9.17, 15) is 9.59 Å². The predicted octanol–water partition coefficient (Wildman–Crippen LogP) is 1.15. The number of carbonyl (C=O) groups is 2. The third-order valence-corrected chi connectivity index (χ3v) is 3.54. The number of piperazine rings is 1. The second-order valence-corrected chi connectivity index (χ2v) is 5.10. The number of furan rings is 1. The van der Waals surface area contributed by atoms with Gasteiger partial charge >= 0.3 is 0 Å². The van der Waals surface area contributed by atoms with Crippen LogP contribution in [0.5, 0.6) is 0 Å². The largest absolute Gasteiger partial charge is 0.459 e.